The molecule has 0 unspecified atom stereocenters. The van der Waals surface area contributed by atoms with Gasteiger partial charge in [0.1, 0.15) is 0 Å². The molecule has 0 heterocycles. The van der Waals surface area contributed by atoms with Crippen molar-refractivity contribution < 1.29 is 9.59 Å². The zero-order chi connectivity index (χ0) is 17.4. The van der Waals surface area contributed by atoms with Crippen molar-refractivity contribution in [3.63, 3.8) is 0 Å². The molecule has 3 N–H and O–H groups in total. The van der Waals surface area contributed by atoms with Crippen LogP contribution in [0.1, 0.15) is 10.4 Å². The SMILES string of the molecule is NC(=O)CSc1ccccc1C(=O)NCCSc1ccc(Cl)cc1. The Morgan fingerprint density at radius 1 is 1.04 bits per heavy atom. The van der Waals surface area contributed by atoms with Crippen LogP contribution in [0.4, 0.5) is 0 Å². The highest BCUT2D eigenvalue weighted by Gasteiger charge is 2.11. The molecule has 0 spiro atoms. The maximum absolute atomic E-state index is 12.3. The lowest BCUT2D eigenvalue weighted by Crippen LogP contribution is -2.26. The van der Waals surface area contributed by atoms with Crippen molar-refractivity contribution in [3.05, 3.63) is 59.1 Å². The van der Waals surface area contributed by atoms with Gasteiger partial charge in [0.2, 0.25) is 5.91 Å². The van der Waals surface area contributed by atoms with Crippen LogP contribution in [-0.4, -0.2) is 29.9 Å². The molecule has 0 bridgehead atoms. The molecule has 4 nitrogen and oxygen atoms in total. The Balaban J connectivity index is 1.84. The molecular weight excluding hydrogens is 364 g/mol. The maximum Gasteiger partial charge on any atom is 0.252 e. The predicted octanol–water partition coefficient (Wildman–Crippen LogP) is 3.44. The fourth-order valence-electron chi connectivity index (χ4n) is 1.89. The monoisotopic (exact) mass is 380 g/mol. The number of benzene rings is 2. The van der Waals surface area contributed by atoms with Gasteiger partial charge in [0.25, 0.3) is 5.91 Å². The van der Waals surface area contributed by atoms with Gasteiger partial charge in [-0.15, -0.1) is 23.5 Å². The number of primary amides is 1. The van der Waals surface area contributed by atoms with Gasteiger partial charge in [0.15, 0.2) is 0 Å². The Bertz CT molecular complexity index is 708. The number of amides is 2. The maximum atomic E-state index is 12.3. The number of halogens is 1. The number of nitrogens with two attached hydrogens (primary N) is 1. The van der Waals surface area contributed by atoms with E-state index in [2.05, 4.69) is 5.32 Å². The van der Waals surface area contributed by atoms with Crippen LogP contribution in [0.5, 0.6) is 0 Å². The molecule has 24 heavy (non-hydrogen) atoms. The highest BCUT2D eigenvalue weighted by molar-refractivity contribution is 8.00. The standard InChI is InChI=1S/C17H17ClN2O2S2/c18-12-5-7-13(8-6-12)23-10-9-20-17(22)14-3-1-2-4-15(14)24-11-16(19)21/h1-8H,9-11H2,(H2,19,21)(H,20,22). The molecule has 0 aliphatic rings. The van der Waals surface area contributed by atoms with Gasteiger partial charge in [-0.25, -0.2) is 0 Å². The van der Waals surface area contributed by atoms with Gasteiger partial charge < -0.3 is 11.1 Å². The van der Waals surface area contributed by atoms with E-state index in [1.54, 1.807) is 23.9 Å². The van der Waals surface area contributed by atoms with Gasteiger partial charge >= 0.3 is 0 Å². The van der Waals surface area contributed by atoms with E-state index in [0.717, 1.165) is 15.5 Å². The van der Waals surface area contributed by atoms with Gasteiger partial charge in [0.05, 0.1) is 11.3 Å². The van der Waals surface area contributed by atoms with E-state index in [1.807, 2.05) is 36.4 Å². The molecule has 126 valence electrons. The van der Waals surface area contributed by atoms with Crippen molar-refractivity contribution in [2.75, 3.05) is 18.1 Å². The topological polar surface area (TPSA) is 72.2 Å². The quantitative estimate of drug-likeness (QED) is 0.543. The van der Waals surface area contributed by atoms with Crippen LogP contribution in [0.15, 0.2) is 58.3 Å². The second kappa shape index (κ2) is 9.61. The summed E-state index contributed by atoms with van der Waals surface area (Å²) in [4.78, 5) is 25.1. The van der Waals surface area contributed by atoms with Crippen LogP contribution in [0.2, 0.25) is 5.02 Å². The summed E-state index contributed by atoms with van der Waals surface area (Å²) in [6, 6.07) is 14.8. The molecule has 0 saturated carbocycles. The van der Waals surface area contributed by atoms with Crippen LogP contribution in [-0.2, 0) is 4.79 Å². The summed E-state index contributed by atoms with van der Waals surface area (Å²) in [5, 5.41) is 3.60. The first-order valence-electron chi connectivity index (χ1n) is 7.23. The molecule has 0 radical (unpaired) electrons. The smallest absolute Gasteiger partial charge is 0.252 e. The van der Waals surface area contributed by atoms with Gasteiger partial charge in [-0.3, -0.25) is 9.59 Å². The molecule has 0 aliphatic carbocycles. The second-order valence-electron chi connectivity index (χ2n) is 4.81. The fourth-order valence-corrected chi connectivity index (χ4v) is 3.57. The van der Waals surface area contributed by atoms with Crippen LogP contribution >= 0.6 is 35.1 Å². The highest BCUT2D eigenvalue weighted by Crippen LogP contribution is 2.22. The normalized spacial score (nSPS) is 10.4. The third-order valence-corrected chi connectivity index (χ3v) is 5.33. The number of hydrogen-bond donors (Lipinski definition) is 2. The Kier molecular flexibility index (Phi) is 7.49. The van der Waals surface area contributed by atoms with Crippen molar-refractivity contribution in [2.24, 2.45) is 5.73 Å². The number of rotatable bonds is 8. The second-order valence-corrected chi connectivity index (χ2v) is 7.43. The van der Waals surface area contributed by atoms with E-state index in [1.165, 1.54) is 11.8 Å². The van der Waals surface area contributed by atoms with Crippen LogP contribution in [0.25, 0.3) is 0 Å². The van der Waals surface area contributed by atoms with Crippen molar-refractivity contribution in [3.8, 4) is 0 Å². The minimum Gasteiger partial charge on any atom is -0.369 e. The van der Waals surface area contributed by atoms with Crippen LogP contribution < -0.4 is 11.1 Å². The van der Waals surface area contributed by atoms with Crippen molar-refractivity contribution in [1.82, 2.24) is 5.32 Å². The lowest BCUT2D eigenvalue weighted by atomic mass is 10.2. The van der Waals surface area contributed by atoms with E-state index in [0.29, 0.717) is 17.1 Å². The van der Waals surface area contributed by atoms with Crippen LogP contribution in [0.3, 0.4) is 0 Å². The largest absolute Gasteiger partial charge is 0.369 e. The minimum atomic E-state index is -0.408. The number of hydrogen-bond acceptors (Lipinski definition) is 4. The molecule has 2 aromatic carbocycles. The van der Waals surface area contributed by atoms with E-state index in [4.69, 9.17) is 17.3 Å². The molecule has 0 fully saturated rings. The minimum absolute atomic E-state index is 0.150. The number of carbonyl (C=O) groups is 2. The molecular formula is C17H17ClN2O2S2. The van der Waals surface area contributed by atoms with Crippen molar-refractivity contribution in [1.29, 1.82) is 0 Å². The van der Waals surface area contributed by atoms with Crippen LogP contribution in [0, 0.1) is 0 Å². The Morgan fingerprint density at radius 2 is 1.75 bits per heavy atom. The van der Waals surface area contributed by atoms with Crippen molar-refractivity contribution >= 4 is 46.9 Å². The number of nitrogens with one attached hydrogen (secondary N) is 1. The van der Waals surface area contributed by atoms with E-state index in [9.17, 15) is 9.59 Å². The fraction of sp³-hybridized carbons (Fsp3) is 0.176. The molecule has 0 aliphatic heterocycles. The number of thioether (sulfide) groups is 2. The average Bonchev–Trinajstić information content (AvgIpc) is 2.58. The third kappa shape index (κ3) is 6.11. The summed E-state index contributed by atoms with van der Waals surface area (Å²) in [6.07, 6.45) is 0. The summed E-state index contributed by atoms with van der Waals surface area (Å²) < 4.78 is 0. The highest BCUT2D eigenvalue weighted by atomic mass is 35.5. The molecule has 2 amide bonds. The van der Waals surface area contributed by atoms with E-state index < -0.39 is 5.91 Å². The van der Waals surface area contributed by atoms with E-state index in [-0.39, 0.29) is 11.7 Å². The lowest BCUT2D eigenvalue weighted by molar-refractivity contribution is -0.115. The molecule has 0 atom stereocenters. The first-order valence-corrected chi connectivity index (χ1v) is 9.58. The zero-order valence-electron chi connectivity index (χ0n) is 12.8. The van der Waals surface area contributed by atoms with Gasteiger partial charge in [-0.05, 0) is 36.4 Å². The summed E-state index contributed by atoms with van der Waals surface area (Å²) in [6.45, 7) is 0.543. The molecule has 2 aromatic rings. The summed E-state index contributed by atoms with van der Waals surface area (Å²) in [5.74, 6) is 0.342. The molecule has 7 heteroatoms. The summed E-state index contributed by atoms with van der Waals surface area (Å²) >= 11 is 8.76. The van der Waals surface area contributed by atoms with Gasteiger partial charge in [0, 0.05) is 27.1 Å². The van der Waals surface area contributed by atoms with Crippen molar-refractivity contribution in [2.45, 2.75) is 9.79 Å². The third-order valence-electron chi connectivity index (χ3n) is 2.97. The van der Waals surface area contributed by atoms with E-state index >= 15 is 0 Å². The summed E-state index contributed by atoms with van der Waals surface area (Å²) in [7, 11) is 0. The zero-order valence-corrected chi connectivity index (χ0v) is 15.2. The average molecular weight is 381 g/mol. The Hall–Kier alpha value is -1.63. The number of carbonyl (C=O) groups excluding carboxylic acids is 2. The summed E-state index contributed by atoms with van der Waals surface area (Å²) in [5.41, 5.74) is 5.71. The Labute approximate surface area is 154 Å². The molecule has 0 aromatic heterocycles. The first-order chi connectivity index (χ1) is 11.6. The predicted molar refractivity (Wildman–Crippen MR) is 101 cm³/mol. The van der Waals surface area contributed by atoms with Gasteiger partial charge in [-0.2, -0.15) is 0 Å². The van der Waals surface area contributed by atoms with Gasteiger partial charge in [-0.1, -0.05) is 23.7 Å². The first kappa shape index (κ1) is 18.7. The Morgan fingerprint density at radius 3 is 2.46 bits per heavy atom. The molecule has 2 rings (SSSR count). The lowest BCUT2D eigenvalue weighted by Gasteiger charge is -2.09. The molecule has 0 saturated heterocycles.